The fourth-order valence-electron chi connectivity index (χ4n) is 1.60. The van der Waals surface area contributed by atoms with Crippen molar-refractivity contribution >= 4 is 39.0 Å². The van der Waals surface area contributed by atoms with E-state index in [0.29, 0.717) is 10.6 Å². The predicted molar refractivity (Wildman–Crippen MR) is 78.0 cm³/mol. The topological polar surface area (TPSA) is 76.3 Å². The van der Waals surface area contributed by atoms with Gasteiger partial charge in [0.25, 0.3) is 5.69 Å². The van der Waals surface area contributed by atoms with Crippen LogP contribution < -0.4 is 0 Å². The number of thioether (sulfide) groups is 1. The minimum atomic E-state index is -0.361. The normalized spacial score (nSPS) is 12.8. The molecule has 1 unspecified atom stereocenters. The van der Waals surface area contributed by atoms with Crippen LogP contribution in [-0.4, -0.2) is 27.4 Å². The number of fused-ring (bicyclic) bond motifs is 1. The molecule has 102 valence electrons. The zero-order valence-electron chi connectivity index (χ0n) is 10.6. The minimum Gasteiger partial charge on any atom is -0.396 e. The number of rotatable bonds is 5. The Kier molecular flexibility index (Phi) is 4.38. The standard InChI is InChI=1S/C12H14N2O3S2/c1-7(5-15)6-18-12-3-9-11(19-8(2)13-9)4-10(12)14(16)17/h3-4,7,15H,5-6H2,1-2H3. The Morgan fingerprint density at radius 2 is 2.32 bits per heavy atom. The molecular weight excluding hydrogens is 284 g/mol. The third-order valence-corrected chi connectivity index (χ3v) is 4.92. The molecule has 5 nitrogen and oxygen atoms in total. The molecule has 0 aliphatic rings. The van der Waals surface area contributed by atoms with Crippen LogP contribution in [0, 0.1) is 23.0 Å². The summed E-state index contributed by atoms with van der Waals surface area (Å²) in [5.74, 6) is 0.754. The Morgan fingerprint density at radius 3 is 2.95 bits per heavy atom. The molecule has 1 N–H and O–H groups in total. The molecule has 0 spiro atoms. The highest BCUT2D eigenvalue weighted by molar-refractivity contribution is 7.99. The second-order valence-electron chi connectivity index (χ2n) is 4.38. The van der Waals surface area contributed by atoms with E-state index in [-0.39, 0.29) is 23.1 Å². The van der Waals surface area contributed by atoms with E-state index in [0.717, 1.165) is 15.2 Å². The maximum absolute atomic E-state index is 11.1. The lowest BCUT2D eigenvalue weighted by molar-refractivity contribution is -0.387. The molecule has 0 saturated heterocycles. The summed E-state index contributed by atoms with van der Waals surface area (Å²) in [5, 5.41) is 21.0. The van der Waals surface area contributed by atoms with Gasteiger partial charge in [-0.05, 0) is 18.9 Å². The first-order chi connectivity index (χ1) is 9.01. The SMILES string of the molecule is Cc1nc2cc(SCC(C)CO)c([N+](=O)[O-])cc2s1. The van der Waals surface area contributed by atoms with Crippen LogP contribution in [0.2, 0.25) is 0 Å². The summed E-state index contributed by atoms with van der Waals surface area (Å²) in [6, 6.07) is 3.36. The molecule has 0 saturated carbocycles. The van der Waals surface area contributed by atoms with E-state index in [1.54, 1.807) is 12.1 Å². The lowest BCUT2D eigenvalue weighted by Crippen LogP contribution is -2.03. The van der Waals surface area contributed by atoms with E-state index in [1.807, 2.05) is 13.8 Å². The molecule has 7 heteroatoms. The van der Waals surface area contributed by atoms with Gasteiger partial charge < -0.3 is 5.11 Å². The van der Waals surface area contributed by atoms with Gasteiger partial charge >= 0.3 is 0 Å². The highest BCUT2D eigenvalue weighted by atomic mass is 32.2. The van der Waals surface area contributed by atoms with E-state index in [4.69, 9.17) is 5.11 Å². The molecule has 0 radical (unpaired) electrons. The number of aliphatic hydroxyl groups is 1. The number of aryl methyl sites for hydroxylation is 1. The van der Waals surface area contributed by atoms with Gasteiger partial charge in [0.1, 0.15) is 0 Å². The number of aromatic nitrogens is 1. The van der Waals surface area contributed by atoms with Crippen LogP contribution in [0.25, 0.3) is 10.2 Å². The molecule has 0 fully saturated rings. The number of hydrogen-bond donors (Lipinski definition) is 1. The van der Waals surface area contributed by atoms with Crippen molar-refractivity contribution in [3.8, 4) is 0 Å². The van der Waals surface area contributed by atoms with Gasteiger partial charge in [0.05, 0.1) is 25.0 Å². The van der Waals surface area contributed by atoms with Gasteiger partial charge in [0.15, 0.2) is 0 Å². The van der Waals surface area contributed by atoms with Crippen molar-refractivity contribution in [3.05, 3.63) is 27.3 Å². The summed E-state index contributed by atoms with van der Waals surface area (Å²) >= 11 is 2.85. The summed E-state index contributed by atoms with van der Waals surface area (Å²) in [6.45, 7) is 3.88. The first-order valence-electron chi connectivity index (χ1n) is 5.80. The molecule has 0 bridgehead atoms. The number of benzene rings is 1. The zero-order chi connectivity index (χ0) is 14.0. The summed E-state index contributed by atoms with van der Waals surface area (Å²) in [5.41, 5.74) is 0.915. The van der Waals surface area contributed by atoms with Crippen LogP contribution in [0.5, 0.6) is 0 Å². The van der Waals surface area contributed by atoms with Gasteiger partial charge in [-0.15, -0.1) is 23.1 Å². The van der Waals surface area contributed by atoms with Gasteiger partial charge in [-0.1, -0.05) is 6.92 Å². The molecule has 2 aromatic rings. The van der Waals surface area contributed by atoms with E-state index in [1.165, 1.54) is 23.1 Å². The molecule has 2 rings (SSSR count). The van der Waals surface area contributed by atoms with Gasteiger partial charge in [-0.2, -0.15) is 0 Å². The van der Waals surface area contributed by atoms with Gasteiger partial charge in [0, 0.05) is 18.4 Å². The summed E-state index contributed by atoms with van der Waals surface area (Å²) in [4.78, 5) is 15.7. The first-order valence-corrected chi connectivity index (χ1v) is 7.60. The average Bonchev–Trinajstić information content (AvgIpc) is 2.73. The molecule has 0 amide bonds. The smallest absolute Gasteiger partial charge is 0.284 e. The fraction of sp³-hybridized carbons (Fsp3) is 0.417. The molecule has 1 atom stereocenters. The van der Waals surface area contributed by atoms with Gasteiger partial charge in [-0.25, -0.2) is 4.98 Å². The molecule has 0 aliphatic carbocycles. The summed E-state index contributed by atoms with van der Waals surface area (Å²) < 4.78 is 0.837. The van der Waals surface area contributed by atoms with Crippen LogP contribution in [0.3, 0.4) is 0 Å². The van der Waals surface area contributed by atoms with Crippen molar-refractivity contribution in [2.24, 2.45) is 5.92 Å². The van der Waals surface area contributed by atoms with Crippen molar-refractivity contribution < 1.29 is 10.0 Å². The number of nitro benzene ring substituents is 1. The highest BCUT2D eigenvalue weighted by Crippen LogP contribution is 2.36. The van der Waals surface area contributed by atoms with E-state index >= 15 is 0 Å². The van der Waals surface area contributed by atoms with E-state index < -0.39 is 0 Å². The van der Waals surface area contributed by atoms with Gasteiger partial charge in [-0.3, -0.25) is 10.1 Å². The number of aliphatic hydroxyl groups excluding tert-OH is 1. The molecular formula is C12H14N2O3S2. The fourth-order valence-corrected chi connectivity index (χ4v) is 3.49. The Morgan fingerprint density at radius 1 is 1.58 bits per heavy atom. The largest absolute Gasteiger partial charge is 0.396 e. The third-order valence-electron chi connectivity index (χ3n) is 2.61. The number of thiazole rings is 1. The summed E-state index contributed by atoms with van der Waals surface area (Å²) in [6.07, 6.45) is 0. The maximum atomic E-state index is 11.1. The Labute approximate surface area is 118 Å². The Bertz CT molecular complexity index is 612. The van der Waals surface area contributed by atoms with Crippen LogP contribution >= 0.6 is 23.1 Å². The highest BCUT2D eigenvalue weighted by Gasteiger charge is 2.18. The van der Waals surface area contributed by atoms with Crippen LogP contribution in [0.1, 0.15) is 11.9 Å². The Hall–Kier alpha value is -1.18. The van der Waals surface area contributed by atoms with Crippen molar-refractivity contribution in [2.75, 3.05) is 12.4 Å². The van der Waals surface area contributed by atoms with Gasteiger partial charge in [0.2, 0.25) is 0 Å². The Balaban J connectivity index is 2.38. The molecule has 1 aromatic carbocycles. The lowest BCUT2D eigenvalue weighted by Gasteiger charge is -2.07. The average molecular weight is 298 g/mol. The number of nitro groups is 1. The van der Waals surface area contributed by atoms with E-state index in [2.05, 4.69) is 4.98 Å². The third kappa shape index (κ3) is 3.23. The zero-order valence-corrected chi connectivity index (χ0v) is 12.3. The second kappa shape index (κ2) is 5.85. The van der Waals surface area contributed by atoms with E-state index in [9.17, 15) is 10.1 Å². The molecule has 0 aliphatic heterocycles. The second-order valence-corrected chi connectivity index (χ2v) is 6.67. The minimum absolute atomic E-state index is 0.0822. The van der Waals surface area contributed by atoms with Crippen LogP contribution in [-0.2, 0) is 0 Å². The van der Waals surface area contributed by atoms with Crippen molar-refractivity contribution in [3.63, 3.8) is 0 Å². The maximum Gasteiger partial charge on any atom is 0.284 e. The monoisotopic (exact) mass is 298 g/mol. The predicted octanol–water partition coefficient (Wildman–Crippen LogP) is 3.23. The number of nitrogens with zero attached hydrogens (tertiary/aromatic N) is 2. The van der Waals surface area contributed by atoms with Crippen molar-refractivity contribution in [2.45, 2.75) is 18.7 Å². The lowest BCUT2D eigenvalue weighted by atomic mass is 10.2. The molecule has 1 heterocycles. The van der Waals surface area contributed by atoms with Crippen LogP contribution in [0.4, 0.5) is 5.69 Å². The molecule has 19 heavy (non-hydrogen) atoms. The first kappa shape index (κ1) is 14.2. The van der Waals surface area contributed by atoms with Crippen molar-refractivity contribution in [1.29, 1.82) is 0 Å². The van der Waals surface area contributed by atoms with Crippen LogP contribution in [0.15, 0.2) is 17.0 Å². The summed E-state index contributed by atoms with van der Waals surface area (Å²) in [7, 11) is 0. The molecule has 1 aromatic heterocycles. The number of hydrogen-bond acceptors (Lipinski definition) is 6. The van der Waals surface area contributed by atoms with Crippen molar-refractivity contribution in [1.82, 2.24) is 4.98 Å². The quantitative estimate of drug-likeness (QED) is 0.521.